The van der Waals surface area contributed by atoms with Crippen LogP contribution in [0.4, 0.5) is 5.69 Å². The molecule has 0 radical (unpaired) electrons. The van der Waals surface area contributed by atoms with Crippen molar-refractivity contribution in [2.24, 2.45) is 11.1 Å². The second-order valence-corrected chi connectivity index (χ2v) is 6.56. The van der Waals surface area contributed by atoms with E-state index >= 15 is 0 Å². The SMILES string of the molecule is COc1cc(NC(=O)C(C)(C)C(N)=S)c(Br)cc1Br. The van der Waals surface area contributed by atoms with Crippen molar-refractivity contribution in [3.8, 4) is 5.75 Å². The zero-order valence-corrected chi connectivity index (χ0v) is 14.7. The highest BCUT2D eigenvalue weighted by atomic mass is 79.9. The van der Waals surface area contributed by atoms with Crippen molar-refractivity contribution in [2.45, 2.75) is 13.8 Å². The van der Waals surface area contributed by atoms with Crippen LogP contribution in [0.5, 0.6) is 5.75 Å². The Morgan fingerprint density at radius 3 is 2.42 bits per heavy atom. The van der Waals surface area contributed by atoms with Gasteiger partial charge in [-0.3, -0.25) is 4.79 Å². The van der Waals surface area contributed by atoms with Gasteiger partial charge in [0, 0.05) is 10.5 Å². The van der Waals surface area contributed by atoms with Gasteiger partial charge in [0.2, 0.25) is 5.91 Å². The van der Waals surface area contributed by atoms with Gasteiger partial charge in [0.15, 0.2) is 0 Å². The number of benzene rings is 1. The molecule has 3 N–H and O–H groups in total. The number of nitrogens with one attached hydrogen (secondary N) is 1. The van der Waals surface area contributed by atoms with E-state index in [0.29, 0.717) is 11.4 Å². The van der Waals surface area contributed by atoms with Crippen molar-refractivity contribution in [2.75, 3.05) is 12.4 Å². The van der Waals surface area contributed by atoms with Crippen LogP contribution in [0.3, 0.4) is 0 Å². The summed E-state index contributed by atoms with van der Waals surface area (Å²) in [6.07, 6.45) is 0. The minimum absolute atomic E-state index is 0.144. The van der Waals surface area contributed by atoms with Crippen LogP contribution in [-0.2, 0) is 4.79 Å². The van der Waals surface area contributed by atoms with Crippen LogP contribution in [0, 0.1) is 5.41 Å². The summed E-state index contributed by atoms with van der Waals surface area (Å²) in [4.78, 5) is 12.3. The van der Waals surface area contributed by atoms with Crippen molar-refractivity contribution in [3.05, 3.63) is 21.1 Å². The van der Waals surface area contributed by atoms with Gasteiger partial charge in [-0.25, -0.2) is 0 Å². The molecule has 0 aromatic heterocycles. The number of carbonyl (C=O) groups excluding carboxylic acids is 1. The third-order valence-electron chi connectivity index (χ3n) is 2.67. The summed E-state index contributed by atoms with van der Waals surface area (Å²) >= 11 is 11.6. The molecule has 0 saturated carbocycles. The van der Waals surface area contributed by atoms with Gasteiger partial charge in [-0.2, -0.15) is 0 Å². The highest BCUT2D eigenvalue weighted by molar-refractivity contribution is 9.11. The minimum atomic E-state index is -0.922. The smallest absolute Gasteiger partial charge is 0.236 e. The van der Waals surface area contributed by atoms with Crippen LogP contribution in [0.25, 0.3) is 0 Å². The van der Waals surface area contributed by atoms with Crippen molar-refractivity contribution in [1.82, 2.24) is 0 Å². The predicted octanol–water partition coefficient (Wildman–Crippen LogP) is 3.47. The molecule has 0 fully saturated rings. The molecule has 0 aliphatic rings. The van der Waals surface area contributed by atoms with E-state index in [4.69, 9.17) is 22.7 Å². The molecule has 1 rings (SSSR count). The van der Waals surface area contributed by atoms with E-state index < -0.39 is 5.41 Å². The maximum absolute atomic E-state index is 12.2. The number of hydrogen-bond acceptors (Lipinski definition) is 3. The first-order valence-corrected chi connectivity index (χ1v) is 7.34. The molecule has 7 heteroatoms. The lowest BCUT2D eigenvalue weighted by Gasteiger charge is -2.22. The maximum atomic E-state index is 12.2. The van der Waals surface area contributed by atoms with Crippen molar-refractivity contribution >= 4 is 60.7 Å². The minimum Gasteiger partial charge on any atom is -0.495 e. The molecular weight excluding hydrogens is 396 g/mol. The molecule has 0 saturated heterocycles. The van der Waals surface area contributed by atoms with Gasteiger partial charge in [-0.1, -0.05) is 12.2 Å². The Hall–Kier alpha value is -0.660. The number of thiocarbonyl (C=S) groups is 1. The Balaban J connectivity index is 3.07. The summed E-state index contributed by atoms with van der Waals surface area (Å²) in [7, 11) is 1.55. The van der Waals surface area contributed by atoms with Crippen LogP contribution >= 0.6 is 44.1 Å². The molecule has 1 aromatic carbocycles. The van der Waals surface area contributed by atoms with E-state index in [-0.39, 0.29) is 10.9 Å². The second-order valence-electron chi connectivity index (χ2n) is 4.41. The monoisotopic (exact) mass is 408 g/mol. The Bertz CT molecular complexity index is 533. The summed E-state index contributed by atoms with van der Waals surface area (Å²) < 4.78 is 6.70. The lowest BCUT2D eigenvalue weighted by atomic mass is 9.92. The van der Waals surface area contributed by atoms with Gasteiger partial charge in [-0.15, -0.1) is 0 Å². The van der Waals surface area contributed by atoms with E-state index in [0.717, 1.165) is 8.95 Å². The molecule has 1 amide bonds. The molecule has 0 aliphatic heterocycles. The summed E-state index contributed by atoms with van der Waals surface area (Å²) in [5, 5.41) is 2.78. The molecular formula is C12H14Br2N2O2S. The number of hydrogen-bond donors (Lipinski definition) is 2. The summed E-state index contributed by atoms with van der Waals surface area (Å²) in [5.74, 6) is 0.344. The number of carbonyl (C=O) groups is 1. The first-order chi connectivity index (χ1) is 8.70. The molecule has 0 heterocycles. The Morgan fingerprint density at radius 2 is 1.95 bits per heavy atom. The van der Waals surface area contributed by atoms with Crippen LogP contribution in [0.15, 0.2) is 21.1 Å². The lowest BCUT2D eigenvalue weighted by molar-refractivity contribution is -0.121. The van der Waals surface area contributed by atoms with Crippen LogP contribution < -0.4 is 15.8 Å². The average molecular weight is 410 g/mol. The van der Waals surface area contributed by atoms with E-state index in [1.807, 2.05) is 0 Å². The van der Waals surface area contributed by atoms with Gasteiger partial charge in [0.05, 0.1) is 27.7 Å². The van der Waals surface area contributed by atoms with Crippen molar-refractivity contribution in [3.63, 3.8) is 0 Å². The third kappa shape index (κ3) is 3.67. The number of ether oxygens (including phenoxy) is 1. The molecule has 104 valence electrons. The molecule has 0 bridgehead atoms. The summed E-state index contributed by atoms with van der Waals surface area (Å²) in [6.45, 7) is 3.35. The van der Waals surface area contributed by atoms with Crippen molar-refractivity contribution in [1.29, 1.82) is 0 Å². The topological polar surface area (TPSA) is 64.3 Å². The Kier molecular flexibility index (Phi) is 5.34. The quantitative estimate of drug-likeness (QED) is 0.747. The first-order valence-electron chi connectivity index (χ1n) is 5.34. The molecule has 0 unspecified atom stereocenters. The van der Waals surface area contributed by atoms with E-state index in [2.05, 4.69) is 37.2 Å². The fourth-order valence-corrected chi connectivity index (χ4v) is 2.52. The normalized spacial score (nSPS) is 11.0. The molecule has 0 spiro atoms. The van der Waals surface area contributed by atoms with Gasteiger partial charge >= 0.3 is 0 Å². The highest BCUT2D eigenvalue weighted by Gasteiger charge is 2.31. The zero-order chi connectivity index (χ0) is 14.8. The van der Waals surface area contributed by atoms with E-state index in [1.165, 1.54) is 0 Å². The predicted molar refractivity (Wildman–Crippen MR) is 87.6 cm³/mol. The number of rotatable bonds is 4. The Labute approximate surface area is 134 Å². The van der Waals surface area contributed by atoms with Crippen molar-refractivity contribution < 1.29 is 9.53 Å². The summed E-state index contributed by atoms with van der Waals surface area (Å²) in [5.41, 5.74) is 5.24. The average Bonchev–Trinajstić information content (AvgIpc) is 2.32. The Morgan fingerprint density at radius 1 is 1.37 bits per heavy atom. The molecule has 19 heavy (non-hydrogen) atoms. The third-order valence-corrected chi connectivity index (χ3v) is 4.46. The van der Waals surface area contributed by atoms with Crippen LogP contribution in [0.1, 0.15) is 13.8 Å². The number of halogens is 2. The van der Waals surface area contributed by atoms with Gasteiger partial charge in [0.25, 0.3) is 0 Å². The van der Waals surface area contributed by atoms with Crippen LogP contribution in [0.2, 0.25) is 0 Å². The molecule has 0 atom stereocenters. The fourth-order valence-electron chi connectivity index (χ4n) is 1.17. The number of anilines is 1. The standard InChI is InChI=1S/C12H14Br2N2O2S/c1-12(2,10(15)19)11(17)16-8-5-9(18-3)7(14)4-6(8)13/h4-5H,1-3H3,(H2,15,19)(H,16,17). The fraction of sp³-hybridized carbons (Fsp3) is 0.333. The number of amides is 1. The highest BCUT2D eigenvalue weighted by Crippen LogP contribution is 2.35. The van der Waals surface area contributed by atoms with Gasteiger partial charge in [0.1, 0.15) is 5.75 Å². The first kappa shape index (κ1) is 16.4. The maximum Gasteiger partial charge on any atom is 0.236 e. The van der Waals surface area contributed by atoms with Gasteiger partial charge in [-0.05, 0) is 51.8 Å². The number of methoxy groups -OCH3 is 1. The van der Waals surface area contributed by atoms with E-state index in [9.17, 15) is 4.79 Å². The summed E-state index contributed by atoms with van der Waals surface area (Å²) in [6, 6.07) is 3.50. The van der Waals surface area contributed by atoms with Gasteiger partial charge < -0.3 is 15.8 Å². The second kappa shape index (κ2) is 6.19. The molecule has 1 aromatic rings. The lowest BCUT2D eigenvalue weighted by Crippen LogP contribution is -2.41. The van der Waals surface area contributed by atoms with E-state index in [1.54, 1.807) is 33.1 Å². The largest absolute Gasteiger partial charge is 0.495 e. The molecule has 4 nitrogen and oxygen atoms in total. The number of nitrogens with two attached hydrogens (primary N) is 1. The zero-order valence-electron chi connectivity index (χ0n) is 10.7. The molecule has 0 aliphatic carbocycles. The van der Waals surface area contributed by atoms with Crippen LogP contribution in [-0.4, -0.2) is 18.0 Å².